The molecule has 142 valence electrons. The Hall–Kier alpha value is -1.20. The summed E-state index contributed by atoms with van der Waals surface area (Å²) in [5.41, 5.74) is 0.159. The minimum absolute atomic E-state index is 0.102. The molecule has 0 saturated carbocycles. The van der Waals surface area contributed by atoms with Gasteiger partial charge in [0.05, 0.1) is 5.69 Å². The van der Waals surface area contributed by atoms with Gasteiger partial charge < -0.3 is 19.5 Å². The SMILES string of the molecule is CN1CCP(=O)(c2ccc(NCC(C)(C)C)c(OC(F)(F)F)c2)CC1. The van der Waals surface area contributed by atoms with Gasteiger partial charge in [-0.15, -0.1) is 13.2 Å². The maximum Gasteiger partial charge on any atom is 0.573 e. The Labute approximate surface area is 147 Å². The van der Waals surface area contributed by atoms with E-state index in [0.29, 0.717) is 37.3 Å². The lowest BCUT2D eigenvalue weighted by Crippen LogP contribution is -2.34. The molecule has 1 saturated heterocycles. The fourth-order valence-electron chi connectivity index (χ4n) is 2.63. The van der Waals surface area contributed by atoms with Crippen LogP contribution in [0.25, 0.3) is 0 Å². The summed E-state index contributed by atoms with van der Waals surface area (Å²) < 4.78 is 55.7. The lowest BCUT2D eigenvalue weighted by atomic mass is 9.97. The van der Waals surface area contributed by atoms with Crippen LogP contribution in [-0.4, -0.2) is 50.3 Å². The van der Waals surface area contributed by atoms with E-state index in [1.54, 1.807) is 12.1 Å². The molecule has 0 radical (unpaired) electrons. The van der Waals surface area contributed by atoms with Crippen LogP contribution in [0.4, 0.5) is 18.9 Å². The molecule has 0 atom stereocenters. The van der Waals surface area contributed by atoms with Crippen molar-refractivity contribution in [3.05, 3.63) is 18.2 Å². The third kappa shape index (κ3) is 5.93. The molecular formula is C17H26F3N2O2P. The Morgan fingerprint density at radius 2 is 1.80 bits per heavy atom. The average molecular weight is 378 g/mol. The number of alkyl halides is 3. The van der Waals surface area contributed by atoms with Crippen LogP contribution in [-0.2, 0) is 4.57 Å². The van der Waals surface area contributed by atoms with Gasteiger partial charge in [0.25, 0.3) is 0 Å². The molecule has 0 spiro atoms. The van der Waals surface area contributed by atoms with Crippen LogP contribution >= 0.6 is 7.14 Å². The lowest BCUT2D eigenvalue weighted by molar-refractivity contribution is -0.274. The highest BCUT2D eigenvalue weighted by Crippen LogP contribution is 2.47. The molecule has 1 heterocycles. The van der Waals surface area contributed by atoms with Crippen molar-refractivity contribution >= 4 is 18.1 Å². The highest BCUT2D eigenvalue weighted by atomic mass is 31.2. The second-order valence-electron chi connectivity index (χ2n) is 7.78. The number of nitrogens with zero attached hydrogens (tertiary/aromatic N) is 1. The predicted octanol–water partition coefficient (Wildman–Crippen LogP) is 3.98. The fourth-order valence-corrected chi connectivity index (χ4v) is 5.39. The van der Waals surface area contributed by atoms with E-state index in [4.69, 9.17) is 0 Å². The van der Waals surface area contributed by atoms with Crippen molar-refractivity contribution in [2.24, 2.45) is 5.41 Å². The molecule has 0 aromatic heterocycles. The highest BCUT2D eigenvalue weighted by molar-refractivity contribution is 7.71. The minimum atomic E-state index is -4.79. The number of ether oxygens (including phenoxy) is 1. The van der Waals surface area contributed by atoms with Gasteiger partial charge in [-0.1, -0.05) is 20.8 Å². The first-order valence-electron chi connectivity index (χ1n) is 8.29. The zero-order valence-corrected chi connectivity index (χ0v) is 16.0. The quantitative estimate of drug-likeness (QED) is 0.805. The van der Waals surface area contributed by atoms with Gasteiger partial charge in [0.15, 0.2) is 5.75 Å². The number of nitrogens with one attached hydrogen (secondary N) is 1. The summed E-state index contributed by atoms with van der Waals surface area (Å²) in [7, 11) is -0.738. The first kappa shape index (κ1) is 20.1. The Morgan fingerprint density at radius 3 is 2.32 bits per heavy atom. The van der Waals surface area contributed by atoms with E-state index in [1.165, 1.54) is 6.07 Å². The number of rotatable bonds is 4. The fraction of sp³-hybridized carbons (Fsp3) is 0.647. The third-order valence-electron chi connectivity index (χ3n) is 4.16. The van der Waals surface area contributed by atoms with Crippen molar-refractivity contribution in [3.8, 4) is 5.75 Å². The van der Waals surface area contributed by atoms with Gasteiger partial charge in [-0.3, -0.25) is 0 Å². The molecular weight excluding hydrogens is 352 g/mol. The van der Waals surface area contributed by atoms with Gasteiger partial charge in [0.2, 0.25) is 0 Å². The number of hydrogen-bond donors (Lipinski definition) is 1. The minimum Gasteiger partial charge on any atom is -0.404 e. The third-order valence-corrected chi connectivity index (χ3v) is 7.22. The van der Waals surface area contributed by atoms with Gasteiger partial charge in [-0.05, 0) is 30.7 Å². The zero-order chi connectivity index (χ0) is 18.9. The standard InChI is InChI=1S/C17H26F3N2O2P/c1-16(2,3)12-21-14-6-5-13(11-15(14)24-17(18,19)20)25(23)9-7-22(4)8-10-25/h5-6,11,21H,7-10,12H2,1-4H3. The Kier molecular flexibility index (Phi) is 5.79. The van der Waals surface area contributed by atoms with Crippen LogP contribution < -0.4 is 15.4 Å². The molecule has 0 aliphatic carbocycles. The van der Waals surface area contributed by atoms with Crippen molar-refractivity contribution in [1.82, 2.24) is 4.90 Å². The van der Waals surface area contributed by atoms with Crippen molar-refractivity contribution in [1.29, 1.82) is 0 Å². The van der Waals surface area contributed by atoms with Gasteiger partial charge >= 0.3 is 6.36 Å². The molecule has 25 heavy (non-hydrogen) atoms. The molecule has 1 N–H and O–H groups in total. The summed E-state index contributed by atoms with van der Waals surface area (Å²) in [5.74, 6) is -0.316. The molecule has 0 unspecified atom stereocenters. The maximum absolute atomic E-state index is 13.1. The molecule has 1 aliphatic rings. The van der Waals surface area contributed by atoms with Crippen LogP contribution in [0.5, 0.6) is 5.75 Å². The number of hydrogen-bond acceptors (Lipinski definition) is 4. The van der Waals surface area contributed by atoms with Crippen LogP contribution in [0.3, 0.4) is 0 Å². The van der Waals surface area contributed by atoms with Crippen molar-refractivity contribution in [3.63, 3.8) is 0 Å². The van der Waals surface area contributed by atoms with Crippen LogP contribution in [0.1, 0.15) is 20.8 Å². The zero-order valence-electron chi connectivity index (χ0n) is 15.1. The lowest BCUT2D eigenvalue weighted by Gasteiger charge is -2.30. The first-order chi connectivity index (χ1) is 11.4. The Morgan fingerprint density at radius 1 is 1.20 bits per heavy atom. The number of halogens is 3. The maximum atomic E-state index is 13.1. The van der Waals surface area contributed by atoms with Crippen molar-refractivity contribution in [2.45, 2.75) is 27.1 Å². The van der Waals surface area contributed by atoms with Crippen LogP contribution in [0, 0.1) is 5.41 Å². The van der Waals surface area contributed by atoms with Gasteiger partial charge in [-0.25, -0.2) is 0 Å². The first-order valence-corrected chi connectivity index (χ1v) is 10.4. The van der Waals surface area contributed by atoms with Crippen molar-refractivity contribution < 1.29 is 22.5 Å². The summed E-state index contributed by atoms with van der Waals surface area (Å²) in [6.07, 6.45) is -3.84. The van der Waals surface area contributed by atoms with Gasteiger partial charge in [0.1, 0.15) is 7.14 Å². The molecule has 0 bridgehead atoms. The summed E-state index contributed by atoms with van der Waals surface area (Å²) in [4.78, 5) is 2.07. The van der Waals surface area contributed by atoms with E-state index >= 15 is 0 Å². The van der Waals surface area contributed by atoms with Gasteiger partial charge in [-0.2, -0.15) is 0 Å². The van der Waals surface area contributed by atoms with Gasteiger partial charge in [0, 0.05) is 37.3 Å². The molecule has 0 amide bonds. The monoisotopic (exact) mass is 378 g/mol. The van der Waals surface area contributed by atoms with E-state index in [2.05, 4.69) is 15.0 Å². The number of anilines is 1. The molecule has 1 fully saturated rings. The van der Waals surface area contributed by atoms with Crippen LogP contribution in [0.2, 0.25) is 0 Å². The predicted molar refractivity (Wildman–Crippen MR) is 95.5 cm³/mol. The van der Waals surface area contributed by atoms with E-state index in [9.17, 15) is 17.7 Å². The number of benzene rings is 1. The van der Waals surface area contributed by atoms with Crippen molar-refractivity contribution in [2.75, 3.05) is 44.3 Å². The average Bonchev–Trinajstić information content (AvgIpc) is 2.46. The topological polar surface area (TPSA) is 41.6 Å². The van der Waals surface area contributed by atoms with E-state index < -0.39 is 13.5 Å². The smallest absolute Gasteiger partial charge is 0.404 e. The van der Waals surface area contributed by atoms with Crippen LogP contribution in [0.15, 0.2) is 18.2 Å². The molecule has 4 nitrogen and oxygen atoms in total. The molecule has 1 aliphatic heterocycles. The van der Waals surface area contributed by atoms with E-state index in [1.807, 2.05) is 27.8 Å². The second-order valence-corrected chi connectivity index (χ2v) is 11.0. The highest BCUT2D eigenvalue weighted by Gasteiger charge is 2.34. The molecule has 2 rings (SSSR count). The largest absolute Gasteiger partial charge is 0.573 e. The van der Waals surface area contributed by atoms with E-state index in [-0.39, 0.29) is 16.9 Å². The summed E-state index contributed by atoms with van der Waals surface area (Å²) in [6.45, 7) is 7.79. The summed E-state index contributed by atoms with van der Waals surface area (Å²) in [6, 6.07) is 4.50. The molecule has 1 aromatic carbocycles. The molecule has 1 aromatic rings. The molecule has 8 heteroatoms. The second kappa shape index (κ2) is 7.20. The Bertz CT molecular complexity index is 644. The summed E-state index contributed by atoms with van der Waals surface area (Å²) >= 11 is 0. The Balaban J connectivity index is 2.31. The van der Waals surface area contributed by atoms with E-state index in [0.717, 1.165) is 0 Å². The summed E-state index contributed by atoms with van der Waals surface area (Å²) in [5, 5.41) is 3.46. The normalized spacial score (nSPS) is 18.8.